The maximum Gasteiger partial charge on any atom is 0.417 e. The number of aliphatic hydroxyl groups excluding tert-OH is 1. The van der Waals surface area contributed by atoms with E-state index in [9.17, 15) is 23.1 Å². The van der Waals surface area contributed by atoms with Crippen LogP contribution >= 0.6 is 15.9 Å². The van der Waals surface area contributed by atoms with Gasteiger partial charge in [0.15, 0.2) is 0 Å². The second-order valence-electron chi connectivity index (χ2n) is 5.19. The number of nitrogens with one attached hydrogen (secondary N) is 1. The van der Waals surface area contributed by atoms with Gasteiger partial charge in [-0.3, -0.25) is 4.79 Å². The quantitative estimate of drug-likeness (QED) is 0.835. The van der Waals surface area contributed by atoms with E-state index >= 15 is 0 Å². The number of halogens is 4. The largest absolute Gasteiger partial charge is 0.417 e. The van der Waals surface area contributed by atoms with Crippen molar-refractivity contribution in [2.75, 3.05) is 6.54 Å². The number of rotatable bonds is 5. The first kappa shape index (κ1) is 18.0. The van der Waals surface area contributed by atoms with Crippen molar-refractivity contribution in [3.63, 3.8) is 0 Å². The van der Waals surface area contributed by atoms with E-state index in [1.54, 1.807) is 0 Å². The number of hydrogen-bond donors (Lipinski definition) is 2. The molecule has 1 amide bonds. The zero-order chi connectivity index (χ0) is 16.2. The van der Waals surface area contributed by atoms with Crippen molar-refractivity contribution in [1.82, 2.24) is 5.32 Å². The zero-order valence-electron chi connectivity index (χ0n) is 11.7. The Morgan fingerprint density at radius 1 is 1.38 bits per heavy atom. The molecule has 21 heavy (non-hydrogen) atoms. The van der Waals surface area contributed by atoms with E-state index in [1.807, 2.05) is 13.8 Å². The van der Waals surface area contributed by atoms with E-state index in [4.69, 9.17) is 0 Å². The average Bonchev–Trinajstić information content (AvgIpc) is 2.34. The third-order valence-electron chi connectivity index (χ3n) is 2.78. The molecule has 2 N–H and O–H groups in total. The highest BCUT2D eigenvalue weighted by Crippen LogP contribution is 2.35. The minimum absolute atomic E-state index is 0.00836. The molecule has 0 aliphatic rings. The van der Waals surface area contributed by atoms with Crippen LogP contribution in [0.4, 0.5) is 13.2 Å². The molecule has 1 unspecified atom stereocenters. The average molecular weight is 368 g/mol. The molecule has 0 bridgehead atoms. The van der Waals surface area contributed by atoms with Crippen molar-refractivity contribution in [3.8, 4) is 0 Å². The third-order valence-corrected chi connectivity index (χ3v) is 3.47. The molecule has 118 valence electrons. The molecule has 0 fully saturated rings. The van der Waals surface area contributed by atoms with Gasteiger partial charge in [0.2, 0.25) is 0 Å². The van der Waals surface area contributed by atoms with E-state index < -0.39 is 23.8 Å². The fraction of sp³-hybridized carbons (Fsp3) is 0.500. The minimum atomic E-state index is -4.54. The van der Waals surface area contributed by atoms with E-state index in [0.717, 1.165) is 6.07 Å². The van der Waals surface area contributed by atoms with Gasteiger partial charge in [0, 0.05) is 16.6 Å². The van der Waals surface area contributed by atoms with Crippen molar-refractivity contribution in [1.29, 1.82) is 0 Å². The Kier molecular flexibility index (Phi) is 6.22. The van der Waals surface area contributed by atoms with Crippen molar-refractivity contribution in [2.24, 2.45) is 5.92 Å². The minimum Gasteiger partial charge on any atom is -0.391 e. The molecule has 0 spiro atoms. The summed E-state index contributed by atoms with van der Waals surface area (Å²) < 4.78 is 38.1. The molecule has 1 aromatic rings. The smallest absolute Gasteiger partial charge is 0.391 e. The summed E-state index contributed by atoms with van der Waals surface area (Å²) in [6.07, 6.45) is -4.74. The summed E-state index contributed by atoms with van der Waals surface area (Å²) in [5, 5.41) is 12.1. The summed E-state index contributed by atoms with van der Waals surface area (Å²) in [7, 11) is 0. The Labute approximate surface area is 129 Å². The predicted molar refractivity (Wildman–Crippen MR) is 76.9 cm³/mol. The topological polar surface area (TPSA) is 49.3 Å². The molecular formula is C14H17BrF3NO2. The van der Waals surface area contributed by atoms with Crippen LogP contribution in [0.3, 0.4) is 0 Å². The van der Waals surface area contributed by atoms with Gasteiger partial charge in [-0.05, 0) is 30.5 Å². The SMILES string of the molecule is CC(C)CC(O)CNC(=O)c1ccc(Br)c(C(F)(F)F)c1. The van der Waals surface area contributed by atoms with Gasteiger partial charge in [-0.2, -0.15) is 13.2 Å². The Hall–Kier alpha value is -1.08. The lowest BCUT2D eigenvalue weighted by Gasteiger charge is -2.15. The Balaban J connectivity index is 2.75. The predicted octanol–water partition coefficient (Wildman–Crippen LogP) is 3.60. The third kappa shape index (κ3) is 5.67. The summed E-state index contributed by atoms with van der Waals surface area (Å²) in [5.74, 6) is -0.378. The Morgan fingerprint density at radius 2 is 2.00 bits per heavy atom. The van der Waals surface area contributed by atoms with E-state index in [1.165, 1.54) is 12.1 Å². The van der Waals surface area contributed by atoms with Crippen molar-refractivity contribution in [2.45, 2.75) is 32.5 Å². The highest BCUT2D eigenvalue weighted by Gasteiger charge is 2.33. The number of alkyl halides is 3. The number of benzene rings is 1. The normalized spacial score (nSPS) is 13.3. The summed E-state index contributed by atoms with van der Waals surface area (Å²) in [6.45, 7) is 3.86. The van der Waals surface area contributed by atoms with Crippen molar-refractivity contribution in [3.05, 3.63) is 33.8 Å². The van der Waals surface area contributed by atoms with Gasteiger partial charge in [-0.25, -0.2) is 0 Å². The van der Waals surface area contributed by atoms with E-state index in [-0.39, 0.29) is 22.5 Å². The summed E-state index contributed by atoms with van der Waals surface area (Å²) in [4.78, 5) is 11.8. The van der Waals surface area contributed by atoms with Crippen LogP contribution in [0.2, 0.25) is 0 Å². The Morgan fingerprint density at radius 3 is 2.52 bits per heavy atom. The molecule has 1 atom stereocenters. The highest BCUT2D eigenvalue weighted by atomic mass is 79.9. The molecule has 0 saturated carbocycles. The highest BCUT2D eigenvalue weighted by molar-refractivity contribution is 9.10. The molecule has 0 saturated heterocycles. The molecule has 0 aromatic heterocycles. The van der Waals surface area contributed by atoms with Gasteiger partial charge in [0.25, 0.3) is 5.91 Å². The fourth-order valence-corrected chi connectivity index (χ4v) is 2.30. The summed E-state index contributed by atoms with van der Waals surface area (Å²) in [6, 6.07) is 3.26. The molecule has 0 heterocycles. The molecule has 0 radical (unpaired) electrons. The number of hydrogen-bond acceptors (Lipinski definition) is 2. The maximum atomic E-state index is 12.7. The van der Waals surface area contributed by atoms with E-state index in [0.29, 0.717) is 6.42 Å². The number of amides is 1. The molecule has 1 aromatic carbocycles. The lowest BCUT2D eigenvalue weighted by Crippen LogP contribution is -2.32. The van der Waals surface area contributed by atoms with Crippen molar-refractivity contribution < 1.29 is 23.1 Å². The lowest BCUT2D eigenvalue weighted by atomic mass is 10.1. The number of aliphatic hydroxyl groups is 1. The standard InChI is InChI=1S/C14H17BrF3NO2/c1-8(2)5-10(20)7-19-13(21)9-3-4-12(15)11(6-9)14(16,17)18/h3-4,6,8,10,20H,5,7H2,1-2H3,(H,19,21). The van der Waals surface area contributed by atoms with Gasteiger partial charge in [0.05, 0.1) is 11.7 Å². The molecular weight excluding hydrogens is 351 g/mol. The van der Waals surface area contributed by atoms with Crippen LogP contribution in [-0.4, -0.2) is 23.7 Å². The van der Waals surface area contributed by atoms with Gasteiger partial charge >= 0.3 is 6.18 Å². The van der Waals surface area contributed by atoms with Crippen LogP contribution in [0.15, 0.2) is 22.7 Å². The van der Waals surface area contributed by atoms with Gasteiger partial charge in [-0.15, -0.1) is 0 Å². The fourth-order valence-electron chi connectivity index (χ4n) is 1.82. The number of carbonyl (C=O) groups is 1. The molecule has 7 heteroatoms. The van der Waals surface area contributed by atoms with Crippen LogP contribution in [0.1, 0.15) is 36.2 Å². The van der Waals surface area contributed by atoms with Crippen LogP contribution < -0.4 is 5.32 Å². The first-order valence-electron chi connectivity index (χ1n) is 6.44. The summed E-state index contributed by atoms with van der Waals surface area (Å²) in [5.41, 5.74) is -1.000. The van der Waals surface area contributed by atoms with Gasteiger partial charge in [-0.1, -0.05) is 29.8 Å². The molecule has 1 rings (SSSR count). The summed E-state index contributed by atoms with van der Waals surface area (Å²) >= 11 is 2.81. The van der Waals surface area contributed by atoms with E-state index in [2.05, 4.69) is 21.2 Å². The maximum absolute atomic E-state index is 12.7. The Bertz CT molecular complexity index is 503. The monoisotopic (exact) mass is 367 g/mol. The number of carbonyl (C=O) groups excluding carboxylic acids is 1. The van der Waals surface area contributed by atoms with Crippen LogP contribution in [-0.2, 0) is 6.18 Å². The van der Waals surface area contributed by atoms with Crippen molar-refractivity contribution >= 4 is 21.8 Å². The van der Waals surface area contributed by atoms with Gasteiger partial charge in [0.1, 0.15) is 0 Å². The van der Waals surface area contributed by atoms with Crippen LogP contribution in [0.5, 0.6) is 0 Å². The first-order chi connectivity index (χ1) is 9.61. The van der Waals surface area contributed by atoms with Crippen LogP contribution in [0, 0.1) is 5.92 Å². The zero-order valence-corrected chi connectivity index (χ0v) is 13.3. The molecule has 0 aliphatic heterocycles. The van der Waals surface area contributed by atoms with Gasteiger partial charge < -0.3 is 10.4 Å². The van der Waals surface area contributed by atoms with Crippen LogP contribution in [0.25, 0.3) is 0 Å². The molecule has 0 aliphatic carbocycles. The lowest BCUT2D eigenvalue weighted by molar-refractivity contribution is -0.138. The second-order valence-corrected chi connectivity index (χ2v) is 6.04. The second kappa shape index (κ2) is 7.26. The first-order valence-corrected chi connectivity index (χ1v) is 7.23. The molecule has 3 nitrogen and oxygen atoms in total.